The Morgan fingerprint density at radius 1 is 1.22 bits per heavy atom. The third-order valence-corrected chi connectivity index (χ3v) is 4.36. The molecule has 0 spiro atoms. The lowest BCUT2D eigenvalue weighted by Crippen LogP contribution is -2.40. The number of carbonyl (C=O) groups excluding carboxylic acids is 1. The molecule has 1 rings (SSSR count). The van der Waals surface area contributed by atoms with Crippen LogP contribution in [0.15, 0.2) is 24.3 Å². The molecule has 23 heavy (non-hydrogen) atoms. The van der Waals surface area contributed by atoms with Gasteiger partial charge in [-0.2, -0.15) is 4.31 Å². The summed E-state index contributed by atoms with van der Waals surface area (Å²) < 4.78 is 37.6. The maximum atomic E-state index is 12.9. The molecule has 1 aromatic rings. The molecule has 0 atom stereocenters. The van der Waals surface area contributed by atoms with Crippen molar-refractivity contribution in [3.8, 4) is 0 Å². The molecule has 0 aliphatic heterocycles. The summed E-state index contributed by atoms with van der Waals surface area (Å²) in [5.41, 5.74) is 0.622. The van der Waals surface area contributed by atoms with Crippen LogP contribution in [0.25, 0.3) is 0 Å². The van der Waals surface area contributed by atoms with E-state index in [2.05, 4.69) is 5.32 Å². The Labute approximate surface area is 137 Å². The molecule has 0 fully saturated rings. The summed E-state index contributed by atoms with van der Waals surface area (Å²) >= 11 is 0. The maximum absolute atomic E-state index is 12.9. The summed E-state index contributed by atoms with van der Waals surface area (Å²) in [4.78, 5) is 13.9. The Hall–Kier alpha value is -1.51. The molecule has 0 aliphatic rings. The molecule has 1 amide bonds. The number of benzene rings is 1. The molecule has 6 nitrogen and oxygen atoms in total. The third kappa shape index (κ3) is 8.06. The summed E-state index contributed by atoms with van der Waals surface area (Å²) in [6, 6.07) is 5.53. The van der Waals surface area contributed by atoms with Gasteiger partial charge in [0.15, 0.2) is 0 Å². The van der Waals surface area contributed by atoms with E-state index in [9.17, 15) is 17.6 Å². The van der Waals surface area contributed by atoms with E-state index in [1.54, 1.807) is 0 Å². The first-order valence-corrected chi connectivity index (χ1v) is 9.14. The van der Waals surface area contributed by atoms with Crippen molar-refractivity contribution in [2.24, 2.45) is 0 Å². The van der Waals surface area contributed by atoms with Gasteiger partial charge in [0, 0.05) is 13.1 Å². The Balaban J connectivity index is 2.58. The molecule has 0 radical (unpaired) electrons. The summed E-state index contributed by atoms with van der Waals surface area (Å²) in [5, 5.41) is 2.70. The van der Waals surface area contributed by atoms with Gasteiger partial charge in [-0.15, -0.1) is 0 Å². The molecule has 130 valence electrons. The van der Waals surface area contributed by atoms with Crippen molar-refractivity contribution in [3.05, 3.63) is 35.6 Å². The minimum Gasteiger partial charge on any atom is -0.355 e. The number of amides is 1. The monoisotopic (exact) mass is 345 g/mol. The third-order valence-electron chi connectivity index (χ3n) is 3.17. The fourth-order valence-corrected chi connectivity index (χ4v) is 2.66. The van der Waals surface area contributed by atoms with E-state index in [4.69, 9.17) is 0 Å². The molecular weight excluding hydrogens is 321 g/mol. The largest absolute Gasteiger partial charge is 0.355 e. The van der Waals surface area contributed by atoms with E-state index in [0.717, 1.165) is 23.5 Å². The van der Waals surface area contributed by atoms with Crippen molar-refractivity contribution in [3.63, 3.8) is 0 Å². The summed E-state index contributed by atoms with van der Waals surface area (Å²) in [6.07, 6.45) is 1.84. The fourth-order valence-electron chi connectivity index (χ4n) is 1.92. The zero-order valence-corrected chi connectivity index (χ0v) is 14.6. The molecule has 0 saturated carbocycles. The van der Waals surface area contributed by atoms with Crippen molar-refractivity contribution in [2.75, 3.05) is 40.0 Å². The predicted octanol–water partition coefficient (Wildman–Crippen LogP) is 0.655. The number of rotatable bonds is 9. The number of hydrogen-bond acceptors (Lipinski definition) is 4. The van der Waals surface area contributed by atoms with Gasteiger partial charge in [-0.25, -0.2) is 12.8 Å². The van der Waals surface area contributed by atoms with Gasteiger partial charge < -0.3 is 10.2 Å². The molecule has 8 heteroatoms. The van der Waals surface area contributed by atoms with Crippen LogP contribution in [0.5, 0.6) is 0 Å². The number of hydrogen-bond donors (Lipinski definition) is 1. The minimum atomic E-state index is -3.54. The number of nitrogens with zero attached hydrogens (tertiary/aromatic N) is 2. The first-order chi connectivity index (χ1) is 10.7. The Kier molecular flexibility index (Phi) is 7.60. The first-order valence-electron chi connectivity index (χ1n) is 7.29. The van der Waals surface area contributed by atoms with Crippen LogP contribution in [0, 0.1) is 5.82 Å². The van der Waals surface area contributed by atoms with Crippen molar-refractivity contribution in [1.82, 2.24) is 14.5 Å². The van der Waals surface area contributed by atoms with Gasteiger partial charge in [-0.05, 0) is 44.8 Å². The maximum Gasteiger partial charge on any atom is 0.235 e. The van der Waals surface area contributed by atoms with Crippen LogP contribution in [0.4, 0.5) is 4.39 Å². The van der Waals surface area contributed by atoms with Gasteiger partial charge in [0.1, 0.15) is 5.82 Å². The average Bonchev–Trinajstić information content (AvgIpc) is 2.44. The van der Waals surface area contributed by atoms with E-state index < -0.39 is 15.8 Å². The highest BCUT2D eigenvalue weighted by Gasteiger charge is 2.20. The number of nitrogens with one attached hydrogen (secondary N) is 1. The molecule has 0 saturated heterocycles. The predicted molar refractivity (Wildman–Crippen MR) is 87.8 cm³/mol. The van der Waals surface area contributed by atoms with Crippen LogP contribution in [-0.4, -0.2) is 63.5 Å². The van der Waals surface area contributed by atoms with Gasteiger partial charge >= 0.3 is 0 Å². The van der Waals surface area contributed by atoms with Gasteiger partial charge in [0.2, 0.25) is 15.9 Å². The van der Waals surface area contributed by atoms with Crippen LogP contribution < -0.4 is 5.32 Å². The zero-order valence-electron chi connectivity index (χ0n) is 13.8. The smallest absolute Gasteiger partial charge is 0.235 e. The normalized spacial score (nSPS) is 11.9. The number of halogens is 1. The summed E-state index contributed by atoms with van der Waals surface area (Å²) in [5.74, 6) is -0.741. The zero-order chi connectivity index (χ0) is 17.5. The van der Waals surface area contributed by atoms with Crippen LogP contribution >= 0.6 is 0 Å². The molecule has 0 aromatic heterocycles. The highest BCUT2D eigenvalue weighted by molar-refractivity contribution is 7.88. The quantitative estimate of drug-likeness (QED) is 0.668. The van der Waals surface area contributed by atoms with Crippen molar-refractivity contribution >= 4 is 15.9 Å². The lowest BCUT2D eigenvalue weighted by Gasteiger charge is -2.19. The number of sulfonamides is 1. The van der Waals surface area contributed by atoms with E-state index >= 15 is 0 Å². The summed E-state index contributed by atoms with van der Waals surface area (Å²) in [6.45, 7) is 1.11. The van der Waals surface area contributed by atoms with E-state index in [1.165, 1.54) is 24.3 Å². The molecule has 0 unspecified atom stereocenters. The highest BCUT2D eigenvalue weighted by atomic mass is 32.2. The van der Waals surface area contributed by atoms with Gasteiger partial charge in [-0.3, -0.25) is 4.79 Å². The molecule has 0 heterocycles. The van der Waals surface area contributed by atoms with Crippen LogP contribution in [0.2, 0.25) is 0 Å². The van der Waals surface area contributed by atoms with E-state index in [0.29, 0.717) is 12.1 Å². The second kappa shape index (κ2) is 8.95. The van der Waals surface area contributed by atoms with Crippen molar-refractivity contribution in [2.45, 2.75) is 13.0 Å². The van der Waals surface area contributed by atoms with Gasteiger partial charge in [-0.1, -0.05) is 12.1 Å². The Morgan fingerprint density at radius 2 is 1.83 bits per heavy atom. The number of carbonyl (C=O) groups is 1. The van der Waals surface area contributed by atoms with Gasteiger partial charge in [0.25, 0.3) is 0 Å². The molecule has 0 bridgehead atoms. The van der Waals surface area contributed by atoms with Crippen molar-refractivity contribution < 1.29 is 17.6 Å². The molecule has 0 aliphatic carbocycles. The van der Waals surface area contributed by atoms with Crippen LogP contribution in [-0.2, 0) is 21.4 Å². The topological polar surface area (TPSA) is 69.7 Å². The van der Waals surface area contributed by atoms with E-state index in [1.807, 2.05) is 19.0 Å². The standard InChI is InChI=1S/C15H24FN3O3S/c1-18(2)10-4-9-17-15(20)12-19(23(3,21)22)11-13-5-7-14(16)8-6-13/h5-8H,4,9-12H2,1-3H3,(H,17,20). The lowest BCUT2D eigenvalue weighted by atomic mass is 10.2. The molecule has 1 aromatic carbocycles. The lowest BCUT2D eigenvalue weighted by molar-refractivity contribution is -0.121. The highest BCUT2D eigenvalue weighted by Crippen LogP contribution is 2.09. The fraction of sp³-hybridized carbons (Fsp3) is 0.533. The van der Waals surface area contributed by atoms with Crippen LogP contribution in [0.1, 0.15) is 12.0 Å². The summed E-state index contributed by atoms with van der Waals surface area (Å²) in [7, 11) is 0.339. The Morgan fingerprint density at radius 3 is 2.35 bits per heavy atom. The molecule has 1 N–H and O–H groups in total. The minimum absolute atomic E-state index is 0.0320. The van der Waals surface area contributed by atoms with Crippen LogP contribution in [0.3, 0.4) is 0 Å². The Bertz CT molecular complexity index is 603. The second-order valence-electron chi connectivity index (χ2n) is 5.66. The molecular formula is C15H24FN3O3S. The SMILES string of the molecule is CN(C)CCCNC(=O)CN(Cc1ccc(F)cc1)S(C)(=O)=O. The van der Waals surface area contributed by atoms with Gasteiger partial charge in [0.05, 0.1) is 12.8 Å². The average molecular weight is 345 g/mol. The van der Waals surface area contributed by atoms with E-state index in [-0.39, 0.29) is 19.0 Å². The first kappa shape index (κ1) is 19.5. The van der Waals surface area contributed by atoms with Crippen molar-refractivity contribution in [1.29, 1.82) is 0 Å². The second-order valence-corrected chi connectivity index (χ2v) is 7.65.